The van der Waals surface area contributed by atoms with Gasteiger partial charge in [0.05, 0.1) is 27.6 Å². The van der Waals surface area contributed by atoms with Gasteiger partial charge in [0.2, 0.25) is 10.0 Å². The molecule has 0 saturated heterocycles. The highest BCUT2D eigenvalue weighted by atomic mass is 35.5. The van der Waals surface area contributed by atoms with Gasteiger partial charge < -0.3 is 4.74 Å². The van der Waals surface area contributed by atoms with E-state index in [1.807, 2.05) is 5.38 Å². The molecule has 0 saturated carbocycles. The van der Waals surface area contributed by atoms with Gasteiger partial charge in [-0.1, -0.05) is 11.6 Å². The lowest BCUT2D eigenvalue weighted by atomic mass is 10.2. The summed E-state index contributed by atoms with van der Waals surface area (Å²) in [5.74, 6) is -0.620. The van der Waals surface area contributed by atoms with Gasteiger partial charge in [-0.2, -0.15) is 0 Å². The van der Waals surface area contributed by atoms with Crippen molar-refractivity contribution in [3.8, 4) is 0 Å². The number of hydrogen-bond donors (Lipinski definition) is 1. The first-order valence-corrected chi connectivity index (χ1v) is 8.94. The first-order chi connectivity index (χ1) is 10.4. The number of nitrogens with zero attached hydrogens (tertiary/aromatic N) is 1. The second-order valence-electron chi connectivity index (χ2n) is 4.21. The Balaban J connectivity index is 2.09. The zero-order chi connectivity index (χ0) is 16.2. The Morgan fingerprint density at radius 1 is 1.45 bits per heavy atom. The van der Waals surface area contributed by atoms with Crippen LogP contribution in [0.2, 0.25) is 5.02 Å². The quantitative estimate of drug-likeness (QED) is 0.797. The minimum Gasteiger partial charge on any atom is -0.465 e. The van der Waals surface area contributed by atoms with Crippen LogP contribution in [0.15, 0.2) is 34.7 Å². The third-order valence-electron chi connectivity index (χ3n) is 2.77. The van der Waals surface area contributed by atoms with Gasteiger partial charge in [0.25, 0.3) is 0 Å². The van der Waals surface area contributed by atoms with Crippen molar-refractivity contribution in [2.45, 2.75) is 11.3 Å². The van der Waals surface area contributed by atoms with Gasteiger partial charge >= 0.3 is 5.97 Å². The van der Waals surface area contributed by atoms with Crippen molar-refractivity contribution in [1.82, 2.24) is 9.71 Å². The molecule has 0 fully saturated rings. The van der Waals surface area contributed by atoms with Crippen LogP contribution >= 0.6 is 22.9 Å². The van der Waals surface area contributed by atoms with E-state index in [0.717, 1.165) is 5.01 Å². The molecule has 0 spiro atoms. The number of methoxy groups -OCH3 is 1. The number of hydrogen-bond acceptors (Lipinski definition) is 6. The molecule has 0 atom stereocenters. The molecular formula is C13H13ClN2O4S2. The molecule has 22 heavy (non-hydrogen) atoms. The van der Waals surface area contributed by atoms with Crippen molar-refractivity contribution >= 4 is 38.9 Å². The maximum absolute atomic E-state index is 12.2. The third-order valence-corrected chi connectivity index (χ3v) is 5.38. The second kappa shape index (κ2) is 7.19. The zero-order valence-corrected chi connectivity index (χ0v) is 14.0. The lowest BCUT2D eigenvalue weighted by molar-refractivity contribution is 0.0601. The Labute approximate surface area is 137 Å². The predicted octanol–water partition coefficient (Wildman–Crippen LogP) is 2.10. The Kier molecular flexibility index (Phi) is 5.52. The summed E-state index contributed by atoms with van der Waals surface area (Å²) in [6.45, 7) is 0.228. The van der Waals surface area contributed by atoms with Crippen LogP contribution in [-0.2, 0) is 21.2 Å². The van der Waals surface area contributed by atoms with Crippen LogP contribution in [0.1, 0.15) is 15.4 Å². The monoisotopic (exact) mass is 360 g/mol. The first kappa shape index (κ1) is 16.9. The van der Waals surface area contributed by atoms with Gasteiger partial charge in [0.15, 0.2) is 0 Å². The number of thiazole rings is 1. The molecule has 9 heteroatoms. The van der Waals surface area contributed by atoms with Gasteiger partial charge in [0, 0.05) is 24.5 Å². The zero-order valence-electron chi connectivity index (χ0n) is 11.6. The highest BCUT2D eigenvalue weighted by molar-refractivity contribution is 7.89. The molecule has 0 radical (unpaired) electrons. The number of esters is 1. The van der Waals surface area contributed by atoms with Gasteiger partial charge in [-0.15, -0.1) is 11.3 Å². The lowest BCUT2D eigenvalue weighted by Gasteiger charge is -2.08. The molecule has 1 N–H and O–H groups in total. The summed E-state index contributed by atoms with van der Waals surface area (Å²) in [6, 6.07) is 3.85. The summed E-state index contributed by atoms with van der Waals surface area (Å²) in [7, 11) is -2.47. The van der Waals surface area contributed by atoms with Gasteiger partial charge in [0.1, 0.15) is 0 Å². The largest absolute Gasteiger partial charge is 0.465 e. The first-order valence-electron chi connectivity index (χ1n) is 6.20. The molecule has 0 aliphatic rings. The van der Waals surface area contributed by atoms with Crippen molar-refractivity contribution < 1.29 is 17.9 Å². The van der Waals surface area contributed by atoms with Crippen molar-refractivity contribution in [3.63, 3.8) is 0 Å². The molecule has 0 unspecified atom stereocenters. The number of sulfonamides is 1. The number of aromatic nitrogens is 1. The number of rotatable bonds is 6. The highest BCUT2D eigenvalue weighted by Gasteiger charge is 2.18. The average Bonchev–Trinajstić information content (AvgIpc) is 2.99. The van der Waals surface area contributed by atoms with Crippen LogP contribution in [0.4, 0.5) is 0 Å². The summed E-state index contributed by atoms with van der Waals surface area (Å²) in [5, 5.41) is 2.70. The highest BCUT2D eigenvalue weighted by Crippen LogP contribution is 2.21. The average molecular weight is 361 g/mol. The molecule has 2 aromatic rings. The minimum absolute atomic E-state index is 0.00991. The van der Waals surface area contributed by atoms with E-state index in [9.17, 15) is 13.2 Å². The van der Waals surface area contributed by atoms with Crippen molar-refractivity contribution in [1.29, 1.82) is 0 Å². The van der Waals surface area contributed by atoms with Crippen molar-refractivity contribution in [2.24, 2.45) is 0 Å². The van der Waals surface area contributed by atoms with Crippen LogP contribution in [0.5, 0.6) is 0 Å². The SMILES string of the molecule is COC(=O)c1ccc(S(=O)(=O)NCCc2nccs2)cc1Cl. The molecule has 0 aliphatic carbocycles. The summed E-state index contributed by atoms with van der Waals surface area (Å²) in [4.78, 5) is 15.5. The maximum Gasteiger partial charge on any atom is 0.339 e. The topological polar surface area (TPSA) is 85.4 Å². The molecule has 1 heterocycles. The number of halogens is 1. The van der Waals surface area contributed by atoms with E-state index < -0.39 is 16.0 Å². The number of carbonyl (C=O) groups is 1. The number of benzene rings is 1. The van der Waals surface area contributed by atoms with E-state index in [-0.39, 0.29) is 22.0 Å². The maximum atomic E-state index is 12.2. The fraction of sp³-hybridized carbons (Fsp3) is 0.231. The lowest BCUT2D eigenvalue weighted by Crippen LogP contribution is -2.26. The molecule has 1 aromatic heterocycles. The van der Waals surface area contributed by atoms with E-state index in [1.54, 1.807) is 6.20 Å². The van der Waals surface area contributed by atoms with Crippen LogP contribution in [0, 0.1) is 0 Å². The summed E-state index contributed by atoms with van der Waals surface area (Å²) >= 11 is 7.38. The summed E-state index contributed by atoms with van der Waals surface area (Å²) in [6.07, 6.45) is 2.17. The second-order valence-corrected chi connectivity index (χ2v) is 7.36. The molecule has 0 bridgehead atoms. The van der Waals surface area contributed by atoms with Crippen molar-refractivity contribution in [2.75, 3.05) is 13.7 Å². The number of nitrogens with one attached hydrogen (secondary N) is 1. The fourth-order valence-electron chi connectivity index (χ4n) is 1.69. The smallest absolute Gasteiger partial charge is 0.339 e. The molecule has 2 rings (SSSR count). The van der Waals surface area contributed by atoms with E-state index in [0.29, 0.717) is 6.42 Å². The van der Waals surface area contributed by atoms with Crippen LogP contribution in [0.25, 0.3) is 0 Å². The molecule has 6 nitrogen and oxygen atoms in total. The molecule has 0 amide bonds. The Bertz CT molecular complexity index is 760. The van der Waals surface area contributed by atoms with E-state index in [2.05, 4.69) is 14.4 Å². The fourth-order valence-corrected chi connectivity index (χ4v) is 3.69. The van der Waals surface area contributed by atoms with Crippen molar-refractivity contribution in [3.05, 3.63) is 45.4 Å². The van der Waals surface area contributed by atoms with Crippen LogP contribution < -0.4 is 4.72 Å². The van der Waals surface area contributed by atoms with Gasteiger partial charge in [-0.05, 0) is 18.2 Å². The van der Waals surface area contributed by atoms with E-state index in [4.69, 9.17) is 11.6 Å². The van der Waals surface area contributed by atoms with Gasteiger partial charge in [-0.3, -0.25) is 0 Å². The van der Waals surface area contributed by atoms with Crippen LogP contribution in [-0.4, -0.2) is 33.0 Å². The number of ether oxygens (including phenoxy) is 1. The third kappa shape index (κ3) is 4.04. The summed E-state index contributed by atoms with van der Waals surface area (Å²) in [5.41, 5.74) is 0.117. The predicted molar refractivity (Wildman–Crippen MR) is 83.8 cm³/mol. The molecular weight excluding hydrogens is 348 g/mol. The Morgan fingerprint density at radius 2 is 2.23 bits per heavy atom. The molecule has 0 aliphatic heterocycles. The Hall–Kier alpha value is -1.48. The van der Waals surface area contributed by atoms with Crippen LogP contribution in [0.3, 0.4) is 0 Å². The Morgan fingerprint density at radius 3 is 2.82 bits per heavy atom. The molecule has 118 valence electrons. The standard InChI is InChI=1S/C13H13ClN2O4S2/c1-20-13(17)10-3-2-9(8-11(10)14)22(18,19)16-5-4-12-15-6-7-21-12/h2-3,6-8,16H,4-5H2,1H3. The normalized spacial score (nSPS) is 11.4. The minimum atomic E-state index is -3.69. The molecule has 1 aromatic carbocycles. The van der Waals surface area contributed by atoms with Gasteiger partial charge in [-0.25, -0.2) is 22.9 Å². The summed E-state index contributed by atoms with van der Waals surface area (Å²) < 4.78 is 31.3. The number of carbonyl (C=O) groups excluding carboxylic acids is 1. The van der Waals surface area contributed by atoms with E-state index in [1.165, 1.54) is 36.6 Å². The van der Waals surface area contributed by atoms with E-state index >= 15 is 0 Å².